The van der Waals surface area contributed by atoms with Crippen LogP contribution in [0.3, 0.4) is 0 Å². The highest BCUT2D eigenvalue weighted by atomic mass is 32.1. The minimum atomic E-state index is -0.156. The lowest BCUT2D eigenvalue weighted by atomic mass is 10.0. The molecule has 0 heterocycles. The van der Waals surface area contributed by atoms with Crippen molar-refractivity contribution < 1.29 is 4.79 Å². The van der Waals surface area contributed by atoms with Crippen LogP contribution in [-0.2, 0) is 0 Å². The van der Waals surface area contributed by atoms with Gasteiger partial charge in [-0.1, -0.05) is 6.92 Å². The molecule has 0 aliphatic rings. The summed E-state index contributed by atoms with van der Waals surface area (Å²) in [6.07, 6.45) is 0.906. The normalized spacial score (nSPS) is 11.2. The first-order valence-electron chi connectivity index (χ1n) is 5.06. The van der Waals surface area contributed by atoms with E-state index in [1.165, 1.54) is 0 Å². The van der Waals surface area contributed by atoms with Gasteiger partial charge in [0.15, 0.2) is 0 Å². The SMILES string of the molecule is CCC(C)(C)NC(=O)c1ccc(S)cc1. The zero-order valence-electron chi connectivity index (χ0n) is 9.37. The van der Waals surface area contributed by atoms with Crippen LogP contribution >= 0.6 is 12.6 Å². The van der Waals surface area contributed by atoms with Gasteiger partial charge in [0.05, 0.1) is 0 Å². The molecule has 2 nitrogen and oxygen atoms in total. The second-order valence-corrected chi connectivity index (χ2v) is 4.75. The van der Waals surface area contributed by atoms with Crippen LogP contribution in [0.25, 0.3) is 0 Å². The first-order valence-corrected chi connectivity index (χ1v) is 5.51. The Morgan fingerprint density at radius 3 is 2.33 bits per heavy atom. The number of hydrogen-bond donors (Lipinski definition) is 2. The Balaban J connectivity index is 2.74. The molecule has 3 heteroatoms. The second-order valence-electron chi connectivity index (χ2n) is 4.24. The van der Waals surface area contributed by atoms with E-state index in [1.807, 2.05) is 26.0 Å². The lowest BCUT2D eigenvalue weighted by molar-refractivity contribution is 0.0911. The number of rotatable bonds is 3. The van der Waals surface area contributed by atoms with E-state index in [0.717, 1.165) is 11.3 Å². The van der Waals surface area contributed by atoms with Crippen molar-refractivity contribution in [2.45, 2.75) is 37.6 Å². The number of hydrogen-bond acceptors (Lipinski definition) is 2. The van der Waals surface area contributed by atoms with Crippen molar-refractivity contribution in [2.24, 2.45) is 0 Å². The van der Waals surface area contributed by atoms with E-state index in [1.54, 1.807) is 12.1 Å². The summed E-state index contributed by atoms with van der Waals surface area (Å²) in [4.78, 5) is 12.7. The molecule has 0 unspecified atom stereocenters. The van der Waals surface area contributed by atoms with Gasteiger partial charge in [0, 0.05) is 16.0 Å². The van der Waals surface area contributed by atoms with Crippen LogP contribution in [-0.4, -0.2) is 11.4 Å². The number of benzene rings is 1. The van der Waals surface area contributed by atoms with Gasteiger partial charge in [-0.25, -0.2) is 0 Å². The third-order valence-electron chi connectivity index (χ3n) is 2.47. The van der Waals surface area contributed by atoms with Gasteiger partial charge in [-0.15, -0.1) is 12.6 Å². The van der Waals surface area contributed by atoms with Crippen LogP contribution in [0, 0.1) is 0 Å². The minimum Gasteiger partial charge on any atom is -0.347 e. The highest BCUT2D eigenvalue weighted by Crippen LogP contribution is 2.11. The molecule has 1 rings (SSSR count). The Bertz CT molecular complexity index is 343. The largest absolute Gasteiger partial charge is 0.347 e. The lowest BCUT2D eigenvalue weighted by Crippen LogP contribution is -2.42. The summed E-state index contributed by atoms with van der Waals surface area (Å²) >= 11 is 4.17. The molecule has 1 N–H and O–H groups in total. The molecular weight excluding hydrogens is 206 g/mol. The summed E-state index contributed by atoms with van der Waals surface area (Å²) in [5, 5.41) is 2.98. The highest BCUT2D eigenvalue weighted by molar-refractivity contribution is 7.80. The van der Waals surface area contributed by atoms with Crippen LogP contribution in [0.15, 0.2) is 29.2 Å². The molecule has 0 spiro atoms. The second kappa shape index (κ2) is 4.71. The Morgan fingerprint density at radius 1 is 1.33 bits per heavy atom. The van der Waals surface area contributed by atoms with Gasteiger partial charge in [0.1, 0.15) is 0 Å². The molecule has 0 fully saturated rings. The van der Waals surface area contributed by atoms with Crippen molar-refractivity contribution in [3.05, 3.63) is 29.8 Å². The number of carbonyl (C=O) groups excluding carboxylic acids is 1. The number of thiol groups is 1. The van der Waals surface area contributed by atoms with Gasteiger partial charge in [-0.3, -0.25) is 4.79 Å². The van der Waals surface area contributed by atoms with E-state index in [0.29, 0.717) is 5.56 Å². The van der Waals surface area contributed by atoms with Gasteiger partial charge >= 0.3 is 0 Å². The lowest BCUT2D eigenvalue weighted by Gasteiger charge is -2.24. The molecule has 0 aliphatic carbocycles. The number of carbonyl (C=O) groups is 1. The van der Waals surface area contributed by atoms with Gasteiger partial charge in [0.25, 0.3) is 5.91 Å². The third-order valence-corrected chi connectivity index (χ3v) is 2.76. The van der Waals surface area contributed by atoms with E-state index in [2.05, 4.69) is 24.9 Å². The quantitative estimate of drug-likeness (QED) is 0.758. The van der Waals surface area contributed by atoms with Crippen LogP contribution in [0.2, 0.25) is 0 Å². The predicted octanol–water partition coefficient (Wildman–Crippen LogP) is 2.89. The maximum atomic E-state index is 11.8. The standard InChI is InChI=1S/C12H17NOS/c1-4-12(2,3)13-11(14)9-5-7-10(15)8-6-9/h5-8,15H,4H2,1-3H3,(H,13,14). The van der Waals surface area contributed by atoms with Crippen molar-refractivity contribution in [2.75, 3.05) is 0 Å². The Labute approximate surface area is 96.5 Å². The van der Waals surface area contributed by atoms with Crippen molar-refractivity contribution in [1.82, 2.24) is 5.32 Å². The maximum absolute atomic E-state index is 11.8. The molecule has 0 bridgehead atoms. The Kier molecular flexibility index (Phi) is 3.80. The first-order chi connectivity index (χ1) is 6.94. The fraction of sp³-hybridized carbons (Fsp3) is 0.417. The summed E-state index contributed by atoms with van der Waals surface area (Å²) in [7, 11) is 0. The highest BCUT2D eigenvalue weighted by Gasteiger charge is 2.18. The number of nitrogens with one attached hydrogen (secondary N) is 1. The third kappa shape index (κ3) is 3.59. The fourth-order valence-corrected chi connectivity index (χ4v) is 1.23. The van der Waals surface area contributed by atoms with Crippen molar-refractivity contribution in [3.63, 3.8) is 0 Å². The number of amides is 1. The molecule has 0 saturated carbocycles. The molecule has 82 valence electrons. The fourth-order valence-electron chi connectivity index (χ4n) is 1.08. The van der Waals surface area contributed by atoms with E-state index in [4.69, 9.17) is 0 Å². The first kappa shape index (κ1) is 12.1. The monoisotopic (exact) mass is 223 g/mol. The van der Waals surface area contributed by atoms with Crippen LogP contribution in [0.5, 0.6) is 0 Å². The van der Waals surface area contributed by atoms with Crippen LogP contribution in [0.4, 0.5) is 0 Å². The van der Waals surface area contributed by atoms with E-state index in [-0.39, 0.29) is 11.4 Å². The van der Waals surface area contributed by atoms with Gasteiger partial charge in [-0.2, -0.15) is 0 Å². The molecule has 1 amide bonds. The van der Waals surface area contributed by atoms with Crippen molar-refractivity contribution >= 4 is 18.5 Å². The molecular formula is C12H17NOS. The average Bonchev–Trinajstić information content (AvgIpc) is 2.18. The molecule has 1 aromatic rings. The topological polar surface area (TPSA) is 29.1 Å². The Morgan fingerprint density at radius 2 is 1.87 bits per heavy atom. The summed E-state index contributed by atoms with van der Waals surface area (Å²) in [6.45, 7) is 6.08. The zero-order chi connectivity index (χ0) is 11.5. The molecule has 0 atom stereocenters. The molecule has 0 saturated heterocycles. The molecule has 15 heavy (non-hydrogen) atoms. The average molecular weight is 223 g/mol. The molecule has 0 radical (unpaired) electrons. The van der Waals surface area contributed by atoms with Gasteiger partial charge in [-0.05, 0) is 44.5 Å². The smallest absolute Gasteiger partial charge is 0.251 e. The van der Waals surface area contributed by atoms with Gasteiger partial charge < -0.3 is 5.32 Å². The van der Waals surface area contributed by atoms with E-state index in [9.17, 15) is 4.79 Å². The summed E-state index contributed by atoms with van der Waals surface area (Å²) < 4.78 is 0. The molecule has 0 aliphatic heterocycles. The predicted molar refractivity (Wildman–Crippen MR) is 65.5 cm³/mol. The van der Waals surface area contributed by atoms with Crippen molar-refractivity contribution in [1.29, 1.82) is 0 Å². The molecule has 0 aromatic heterocycles. The molecule has 1 aromatic carbocycles. The zero-order valence-corrected chi connectivity index (χ0v) is 10.3. The van der Waals surface area contributed by atoms with Crippen molar-refractivity contribution in [3.8, 4) is 0 Å². The van der Waals surface area contributed by atoms with Crippen LogP contribution in [0.1, 0.15) is 37.6 Å². The summed E-state index contributed by atoms with van der Waals surface area (Å²) in [5.74, 6) is -0.0322. The maximum Gasteiger partial charge on any atom is 0.251 e. The minimum absolute atomic E-state index is 0.0322. The Hall–Kier alpha value is -0.960. The van der Waals surface area contributed by atoms with E-state index >= 15 is 0 Å². The summed E-state index contributed by atoms with van der Waals surface area (Å²) in [6, 6.07) is 7.20. The van der Waals surface area contributed by atoms with Crippen LogP contribution < -0.4 is 5.32 Å². The van der Waals surface area contributed by atoms with Gasteiger partial charge in [0.2, 0.25) is 0 Å². The van der Waals surface area contributed by atoms with E-state index < -0.39 is 0 Å². The summed E-state index contributed by atoms with van der Waals surface area (Å²) in [5.41, 5.74) is 0.519.